The van der Waals surface area contributed by atoms with Gasteiger partial charge in [-0.15, -0.1) is 0 Å². The fraction of sp³-hybridized carbons (Fsp3) is 0.522. The molecule has 0 aliphatic carbocycles. The van der Waals surface area contributed by atoms with Crippen molar-refractivity contribution >= 4 is 29.9 Å². The van der Waals surface area contributed by atoms with Crippen LogP contribution >= 0.6 is 0 Å². The summed E-state index contributed by atoms with van der Waals surface area (Å²) in [6.45, 7) is 0.914. The van der Waals surface area contributed by atoms with Crippen molar-refractivity contribution in [2.75, 3.05) is 19.7 Å². The quantitative estimate of drug-likeness (QED) is 0.188. The van der Waals surface area contributed by atoms with Crippen molar-refractivity contribution in [2.24, 2.45) is 11.5 Å². The molecule has 5 N–H and O–H groups in total. The van der Waals surface area contributed by atoms with Crippen LogP contribution in [0.2, 0.25) is 0 Å². The minimum Gasteiger partial charge on any atom is -0.483 e. The second-order valence-electron chi connectivity index (χ2n) is 7.87. The first-order valence-corrected chi connectivity index (χ1v) is 11.3. The molecule has 1 aromatic rings. The lowest BCUT2D eigenvalue weighted by Gasteiger charge is -2.22. The number of benzene rings is 1. The SMILES string of the molecule is NCCCCCCCCNC(=O)COc1cccc2c1C(=O)N(C(CCC=O)C(N)=O)C2=O. The van der Waals surface area contributed by atoms with E-state index in [1.807, 2.05) is 0 Å². The standard InChI is InChI=1S/C23H32N4O6/c24-12-5-3-1-2-4-6-13-26-19(29)15-33-18-11-7-9-16-20(18)23(32)27(22(16)31)17(21(25)30)10-8-14-28/h7,9,11,14,17H,1-6,8,10,12-13,15,24H2,(H2,25,30)(H,26,29). The van der Waals surface area contributed by atoms with E-state index in [4.69, 9.17) is 16.2 Å². The monoisotopic (exact) mass is 460 g/mol. The van der Waals surface area contributed by atoms with Crippen LogP contribution in [0, 0.1) is 0 Å². The minimum atomic E-state index is -1.24. The van der Waals surface area contributed by atoms with Gasteiger partial charge in [0.2, 0.25) is 5.91 Å². The highest BCUT2D eigenvalue weighted by Crippen LogP contribution is 2.32. The molecular weight excluding hydrogens is 428 g/mol. The summed E-state index contributed by atoms with van der Waals surface area (Å²) in [5.74, 6) is -2.58. The first-order valence-electron chi connectivity index (χ1n) is 11.3. The van der Waals surface area contributed by atoms with Crippen molar-refractivity contribution < 1.29 is 28.7 Å². The predicted molar refractivity (Wildman–Crippen MR) is 120 cm³/mol. The summed E-state index contributed by atoms with van der Waals surface area (Å²) < 4.78 is 5.53. The number of nitrogens with one attached hydrogen (secondary N) is 1. The molecule has 0 aromatic heterocycles. The number of unbranched alkanes of at least 4 members (excludes halogenated alkanes) is 5. The van der Waals surface area contributed by atoms with Gasteiger partial charge in [0.05, 0.1) is 11.1 Å². The number of hydrogen-bond donors (Lipinski definition) is 3. The summed E-state index contributed by atoms with van der Waals surface area (Å²) in [7, 11) is 0. The Bertz CT molecular complexity index is 873. The lowest BCUT2D eigenvalue weighted by molar-refractivity contribution is -0.123. The number of nitrogens with zero attached hydrogens (tertiary/aromatic N) is 1. The van der Waals surface area contributed by atoms with E-state index in [1.54, 1.807) is 0 Å². The second kappa shape index (κ2) is 13.3. The van der Waals surface area contributed by atoms with Crippen molar-refractivity contribution in [1.82, 2.24) is 10.2 Å². The highest BCUT2D eigenvalue weighted by Gasteiger charge is 2.43. The molecule has 0 bridgehead atoms. The maximum absolute atomic E-state index is 12.9. The van der Waals surface area contributed by atoms with Crippen molar-refractivity contribution in [3.63, 3.8) is 0 Å². The van der Waals surface area contributed by atoms with Crippen LogP contribution in [0.4, 0.5) is 0 Å². The zero-order valence-electron chi connectivity index (χ0n) is 18.7. The van der Waals surface area contributed by atoms with Gasteiger partial charge in [-0.25, -0.2) is 0 Å². The number of amides is 4. The van der Waals surface area contributed by atoms with E-state index >= 15 is 0 Å². The van der Waals surface area contributed by atoms with Crippen molar-refractivity contribution in [3.8, 4) is 5.75 Å². The van der Waals surface area contributed by atoms with Gasteiger partial charge in [-0.2, -0.15) is 0 Å². The van der Waals surface area contributed by atoms with E-state index in [0.29, 0.717) is 19.4 Å². The van der Waals surface area contributed by atoms with E-state index in [1.165, 1.54) is 18.2 Å². The van der Waals surface area contributed by atoms with E-state index in [0.717, 1.165) is 43.4 Å². The molecule has 1 aromatic carbocycles. The number of carbonyl (C=O) groups is 5. The van der Waals surface area contributed by atoms with E-state index in [-0.39, 0.29) is 42.2 Å². The number of imide groups is 1. The zero-order chi connectivity index (χ0) is 24.2. The third-order valence-electron chi connectivity index (χ3n) is 5.42. The Kier molecular flexibility index (Phi) is 10.5. The normalized spacial score (nSPS) is 13.5. The summed E-state index contributed by atoms with van der Waals surface area (Å²) in [5, 5.41) is 2.77. The summed E-state index contributed by atoms with van der Waals surface area (Å²) >= 11 is 0. The van der Waals surface area contributed by atoms with Gasteiger partial charge < -0.3 is 26.3 Å². The van der Waals surface area contributed by atoms with Gasteiger partial charge in [-0.1, -0.05) is 31.7 Å². The number of primary amides is 1. The molecule has 10 heteroatoms. The van der Waals surface area contributed by atoms with Crippen LogP contribution in [0.3, 0.4) is 0 Å². The lowest BCUT2D eigenvalue weighted by Crippen LogP contribution is -2.47. The number of nitrogens with two attached hydrogens (primary N) is 2. The Morgan fingerprint density at radius 3 is 2.42 bits per heavy atom. The molecule has 1 heterocycles. The number of fused-ring (bicyclic) bond motifs is 1. The van der Waals surface area contributed by atoms with Gasteiger partial charge in [0.15, 0.2) is 6.61 Å². The van der Waals surface area contributed by atoms with E-state index < -0.39 is 23.8 Å². The second-order valence-corrected chi connectivity index (χ2v) is 7.87. The largest absolute Gasteiger partial charge is 0.483 e. The maximum atomic E-state index is 12.9. The molecule has 1 aliphatic heterocycles. The topological polar surface area (TPSA) is 162 Å². The Labute approximate surface area is 193 Å². The fourth-order valence-corrected chi connectivity index (χ4v) is 3.70. The van der Waals surface area contributed by atoms with Crippen LogP contribution in [0.5, 0.6) is 5.75 Å². The zero-order valence-corrected chi connectivity index (χ0v) is 18.7. The van der Waals surface area contributed by atoms with Gasteiger partial charge in [-0.3, -0.25) is 24.1 Å². The fourth-order valence-electron chi connectivity index (χ4n) is 3.70. The molecule has 1 aliphatic rings. The van der Waals surface area contributed by atoms with Crippen molar-refractivity contribution in [1.29, 1.82) is 0 Å². The minimum absolute atomic E-state index is 0.0230. The van der Waals surface area contributed by atoms with Gasteiger partial charge in [0.25, 0.3) is 17.7 Å². The summed E-state index contributed by atoms with van der Waals surface area (Å²) in [4.78, 5) is 61.1. The summed E-state index contributed by atoms with van der Waals surface area (Å²) in [6, 6.07) is 3.20. The highest BCUT2D eigenvalue weighted by molar-refractivity contribution is 6.24. The van der Waals surface area contributed by atoms with E-state index in [9.17, 15) is 24.0 Å². The molecule has 0 saturated carbocycles. The van der Waals surface area contributed by atoms with Crippen molar-refractivity contribution in [2.45, 2.75) is 57.4 Å². The first-order chi connectivity index (χ1) is 15.9. The molecule has 1 unspecified atom stereocenters. The average Bonchev–Trinajstić information content (AvgIpc) is 3.05. The van der Waals surface area contributed by atoms with Crippen LogP contribution in [-0.4, -0.2) is 60.6 Å². The molecule has 4 amide bonds. The number of aldehydes is 1. The smallest absolute Gasteiger partial charge is 0.266 e. The van der Waals surface area contributed by atoms with Crippen molar-refractivity contribution in [3.05, 3.63) is 29.3 Å². The predicted octanol–water partition coefficient (Wildman–Crippen LogP) is 0.910. The van der Waals surface area contributed by atoms with E-state index in [2.05, 4.69) is 5.32 Å². The van der Waals surface area contributed by atoms with Crippen LogP contribution in [0.25, 0.3) is 0 Å². The molecule has 10 nitrogen and oxygen atoms in total. The Morgan fingerprint density at radius 2 is 1.76 bits per heavy atom. The molecule has 0 spiro atoms. The van der Waals surface area contributed by atoms with Gasteiger partial charge in [0, 0.05) is 13.0 Å². The van der Waals surface area contributed by atoms with Crippen LogP contribution < -0.4 is 21.5 Å². The number of rotatable bonds is 16. The number of carbonyl (C=O) groups excluding carboxylic acids is 5. The number of ether oxygens (including phenoxy) is 1. The summed E-state index contributed by atoms with van der Waals surface area (Å²) in [5.41, 5.74) is 10.9. The third kappa shape index (κ3) is 7.11. The van der Waals surface area contributed by atoms with Gasteiger partial charge in [-0.05, 0) is 37.9 Å². The van der Waals surface area contributed by atoms with Crippen LogP contribution in [0.15, 0.2) is 18.2 Å². The Morgan fingerprint density at radius 1 is 1.06 bits per heavy atom. The molecule has 180 valence electrons. The third-order valence-corrected chi connectivity index (χ3v) is 5.42. The average molecular weight is 461 g/mol. The maximum Gasteiger partial charge on any atom is 0.266 e. The molecule has 1 atom stereocenters. The van der Waals surface area contributed by atoms with Crippen LogP contribution in [0.1, 0.15) is 72.1 Å². The number of hydrogen-bond acceptors (Lipinski definition) is 7. The van der Waals surface area contributed by atoms with Gasteiger partial charge >= 0.3 is 0 Å². The van der Waals surface area contributed by atoms with Crippen LogP contribution in [-0.2, 0) is 14.4 Å². The lowest BCUT2D eigenvalue weighted by atomic mass is 10.1. The first kappa shape index (κ1) is 26.0. The summed E-state index contributed by atoms with van der Waals surface area (Å²) in [6.07, 6.45) is 6.73. The molecule has 0 saturated heterocycles. The molecule has 0 fully saturated rings. The Hall–Kier alpha value is -3.27. The molecular formula is C23H32N4O6. The molecule has 0 radical (unpaired) electrons. The Balaban J connectivity index is 1.92. The highest BCUT2D eigenvalue weighted by atomic mass is 16.5. The molecule has 2 rings (SSSR count). The van der Waals surface area contributed by atoms with Gasteiger partial charge in [0.1, 0.15) is 18.1 Å². The molecule has 33 heavy (non-hydrogen) atoms.